The minimum absolute atomic E-state index is 0.101. The van der Waals surface area contributed by atoms with Gasteiger partial charge >= 0.3 is 0 Å². The van der Waals surface area contributed by atoms with E-state index in [2.05, 4.69) is 15.9 Å². The van der Waals surface area contributed by atoms with Crippen LogP contribution in [-0.4, -0.2) is 32.7 Å². The van der Waals surface area contributed by atoms with Gasteiger partial charge in [0.15, 0.2) is 9.84 Å². The molecule has 0 bridgehead atoms. The van der Waals surface area contributed by atoms with Gasteiger partial charge in [0.1, 0.15) is 0 Å². The zero-order valence-corrected chi connectivity index (χ0v) is 15.4. The molecule has 0 aliphatic heterocycles. The van der Waals surface area contributed by atoms with E-state index in [1.54, 1.807) is 24.3 Å². The molecule has 0 spiro atoms. The number of rotatable bonds is 6. The Morgan fingerprint density at radius 2 is 1.86 bits per heavy atom. The Labute approximate surface area is 142 Å². The monoisotopic (exact) mass is 407 g/mol. The van der Waals surface area contributed by atoms with Gasteiger partial charge < -0.3 is 4.90 Å². The molecule has 0 radical (unpaired) electrons. The van der Waals surface area contributed by atoms with Crippen LogP contribution in [0.1, 0.15) is 4.88 Å². The third-order valence-electron chi connectivity index (χ3n) is 2.97. The van der Waals surface area contributed by atoms with Crippen LogP contribution in [0.15, 0.2) is 45.8 Å². The van der Waals surface area contributed by atoms with Crippen LogP contribution in [0.2, 0.25) is 4.34 Å². The van der Waals surface area contributed by atoms with E-state index in [1.165, 1.54) is 11.3 Å². The molecular formula is C14H15BrClNO2S2. The molecule has 1 aromatic carbocycles. The van der Waals surface area contributed by atoms with Crippen LogP contribution < -0.4 is 0 Å². The van der Waals surface area contributed by atoms with Crippen molar-refractivity contribution < 1.29 is 8.42 Å². The molecule has 0 aliphatic carbocycles. The summed E-state index contributed by atoms with van der Waals surface area (Å²) in [4.78, 5) is 3.47. The van der Waals surface area contributed by atoms with Gasteiger partial charge in [0, 0.05) is 22.4 Å². The second-order valence-electron chi connectivity index (χ2n) is 4.72. The van der Waals surface area contributed by atoms with Crippen molar-refractivity contribution in [1.29, 1.82) is 0 Å². The van der Waals surface area contributed by atoms with Gasteiger partial charge in [0.2, 0.25) is 0 Å². The molecule has 3 nitrogen and oxygen atoms in total. The second kappa shape index (κ2) is 7.24. The van der Waals surface area contributed by atoms with E-state index in [9.17, 15) is 8.42 Å². The zero-order chi connectivity index (χ0) is 15.5. The van der Waals surface area contributed by atoms with Gasteiger partial charge in [-0.2, -0.15) is 0 Å². The molecule has 0 amide bonds. The molecule has 114 valence electrons. The Hall–Kier alpha value is -0.400. The van der Waals surface area contributed by atoms with Crippen molar-refractivity contribution in [2.24, 2.45) is 0 Å². The summed E-state index contributed by atoms with van der Waals surface area (Å²) in [6.45, 7) is 1.18. The van der Waals surface area contributed by atoms with Gasteiger partial charge in [-0.15, -0.1) is 11.3 Å². The molecule has 0 fully saturated rings. The lowest BCUT2D eigenvalue weighted by Crippen LogP contribution is -2.25. The first-order valence-corrected chi connectivity index (χ1v) is 9.92. The quantitative estimate of drug-likeness (QED) is 0.723. The highest BCUT2D eigenvalue weighted by atomic mass is 79.9. The number of hydrogen-bond acceptors (Lipinski definition) is 4. The summed E-state index contributed by atoms with van der Waals surface area (Å²) in [7, 11) is -1.34. The molecule has 0 N–H and O–H groups in total. The van der Waals surface area contributed by atoms with Crippen LogP contribution in [0.25, 0.3) is 0 Å². The first kappa shape index (κ1) is 17.0. The average Bonchev–Trinajstić information content (AvgIpc) is 2.82. The maximum Gasteiger partial charge on any atom is 0.179 e. The normalized spacial score (nSPS) is 12.0. The molecule has 0 unspecified atom stereocenters. The highest BCUT2D eigenvalue weighted by Crippen LogP contribution is 2.22. The first-order valence-electron chi connectivity index (χ1n) is 6.28. The summed E-state index contributed by atoms with van der Waals surface area (Å²) in [6, 6.07) is 10.5. The molecule has 1 aromatic heterocycles. The fourth-order valence-corrected chi connectivity index (χ4v) is 4.59. The molecule has 1 heterocycles. The van der Waals surface area contributed by atoms with Crippen molar-refractivity contribution in [1.82, 2.24) is 4.90 Å². The maximum absolute atomic E-state index is 12.2. The second-order valence-corrected chi connectivity index (χ2v) is 9.54. The molecule has 21 heavy (non-hydrogen) atoms. The van der Waals surface area contributed by atoms with Crippen LogP contribution in [0.3, 0.4) is 0 Å². The van der Waals surface area contributed by atoms with Crippen molar-refractivity contribution in [2.45, 2.75) is 11.4 Å². The molecule has 0 atom stereocenters. The lowest BCUT2D eigenvalue weighted by atomic mass is 10.4. The Bertz CT molecular complexity index is 698. The van der Waals surface area contributed by atoms with Crippen LogP contribution in [0.4, 0.5) is 0 Å². The van der Waals surface area contributed by atoms with Crippen molar-refractivity contribution in [2.75, 3.05) is 19.3 Å². The largest absolute Gasteiger partial charge is 0.300 e. The molecule has 0 saturated carbocycles. The van der Waals surface area contributed by atoms with Gasteiger partial charge in [-0.1, -0.05) is 27.5 Å². The number of hydrogen-bond donors (Lipinski definition) is 0. The summed E-state index contributed by atoms with van der Waals surface area (Å²) in [5.74, 6) is 0.101. The maximum atomic E-state index is 12.2. The highest BCUT2D eigenvalue weighted by molar-refractivity contribution is 9.10. The van der Waals surface area contributed by atoms with E-state index in [-0.39, 0.29) is 5.75 Å². The Balaban J connectivity index is 1.93. The standard InChI is InChI=1S/C14H15BrClNO2S2/c1-17(10-12-4-7-14(16)20-12)8-9-21(18,19)13-5-2-11(15)3-6-13/h2-7H,8-10H2,1H3. The minimum atomic E-state index is -3.24. The summed E-state index contributed by atoms with van der Waals surface area (Å²) in [5.41, 5.74) is 0. The van der Waals surface area contributed by atoms with Gasteiger partial charge in [-0.3, -0.25) is 0 Å². The van der Waals surface area contributed by atoms with Crippen LogP contribution in [0, 0.1) is 0 Å². The van der Waals surface area contributed by atoms with E-state index in [0.29, 0.717) is 18.0 Å². The molecule has 7 heteroatoms. The van der Waals surface area contributed by atoms with E-state index < -0.39 is 9.84 Å². The Morgan fingerprint density at radius 3 is 2.43 bits per heavy atom. The van der Waals surface area contributed by atoms with Crippen molar-refractivity contribution in [3.8, 4) is 0 Å². The number of sulfone groups is 1. The smallest absolute Gasteiger partial charge is 0.179 e. The van der Waals surface area contributed by atoms with Gasteiger partial charge in [-0.05, 0) is 43.4 Å². The molecule has 0 saturated heterocycles. The zero-order valence-electron chi connectivity index (χ0n) is 11.4. The van der Waals surface area contributed by atoms with Crippen molar-refractivity contribution >= 4 is 48.7 Å². The van der Waals surface area contributed by atoms with Crippen LogP contribution in [0.5, 0.6) is 0 Å². The predicted octanol–water partition coefficient (Wildman–Crippen LogP) is 4.07. The fourth-order valence-electron chi connectivity index (χ4n) is 1.82. The highest BCUT2D eigenvalue weighted by Gasteiger charge is 2.15. The fraction of sp³-hybridized carbons (Fsp3) is 0.286. The predicted molar refractivity (Wildman–Crippen MR) is 91.9 cm³/mol. The molecule has 2 aromatic rings. The van der Waals surface area contributed by atoms with E-state index in [1.807, 2.05) is 24.1 Å². The van der Waals surface area contributed by atoms with Gasteiger partial charge in [0.25, 0.3) is 0 Å². The van der Waals surface area contributed by atoms with Crippen LogP contribution >= 0.6 is 38.9 Å². The van der Waals surface area contributed by atoms with E-state index in [0.717, 1.165) is 13.7 Å². The lowest BCUT2D eigenvalue weighted by Gasteiger charge is -2.15. The number of thiophene rings is 1. The molecule has 0 aliphatic rings. The number of benzene rings is 1. The third kappa shape index (κ3) is 5.07. The Kier molecular flexibility index (Phi) is 5.85. The van der Waals surface area contributed by atoms with E-state index >= 15 is 0 Å². The SMILES string of the molecule is CN(CCS(=O)(=O)c1ccc(Br)cc1)Cc1ccc(Cl)s1. The van der Waals surface area contributed by atoms with Gasteiger partial charge in [-0.25, -0.2) is 8.42 Å². The Morgan fingerprint density at radius 1 is 1.19 bits per heavy atom. The van der Waals surface area contributed by atoms with Crippen molar-refractivity contribution in [3.05, 3.63) is 50.1 Å². The molecule has 2 rings (SSSR count). The molecular weight excluding hydrogens is 394 g/mol. The topological polar surface area (TPSA) is 37.4 Å². The first-order chi connectivity index (χ1) is 9.87. The van der Waals surface area contributed by atoms with Crippen LogP contribution in [-0.2, 0) is 16.4 Å². The van der Waals surface area contributed by atoms with Gasteiger partial charge in [0.05, 0.1) is 15.0 Å². The summed E-state index contributed by atoms with van der Waals surface area (Å²) >= 11 is 10.7. The summed E-state index contributed by atoms with van der Waals surface area (Å²) in [5, 5.41) is 0. The van der Waals surface area contributed by atoms with Crippen molar-refractivity contribution in [3.63, 3.8) is 0 Å². The number of halogens is 2. The average molecular weight is 409 g/mol. The third-order valence-corrected chi connectivity index (χ3v) is 6.42. The lowest BCUT2D eigenvalue weighted by molar-refractivity contribution is 0.349. The number of nitrogens with zero attached hydrogens (tertiary/aromatic N) is 1. The summed E-state index contributed by atoms with van der Waals surface area (Å²) in [6.07, 6.45) is 0. The summed E-state index contributed by atoms with van der Waals surface area (Å²) < 4.78 is 26.1. The van der Waals surface area contributed by atoms with E-state index in [4.69, 9.17) is 11.6 Å². The minimum Gasteiger partial charge on any atom is -0.300 e.